The molecule has 1 atom stereocenters. The molecule has 2 N–H and O–H groups in total. The Balaban J connectivity index is 1.87. The highest BCUT2D eigenvalue weighted by Crippen LogP contribution is 2.29. The van der Waals surface area contributed by atoms with Gasteiger partial charge >= 0.3 is 0 Å². The number of carbonyl (C=O) groups excluding carboxylic acids is 1. The van der Waals surface area contributed by atoms with E-state index in [2.05, 4.69) is 23.9 Å². The summed E-state index contributed by atoms with van der Waals surface area (Å²) in [6.45, 7) is 4.18. The van der Waals surface area contributed by atoms with Crippen molar-refractivity contribution in [2.75, 3.05) is 19.5 Å². The number of amides is 1. The van der Waals surface area contributed by atoms with Gasteiger partial charge < -0.3 is 14.8 Å². The Hall–Kier alpha value is -3.36. The fraction of sp³-hybridized carbons (Fsp3) is 0.269. The van der Waals surface area contributed by atoms with Crippen molar-refractivity contribution in [3.63, 3.8) is 0 Å². The number of sulfonamides is 1. The van der Waals surface area contributed by atoms with Gasteiger partial charge in [-0.2, -0.15) is 4.72 Å². The second-order valence-corrected chi connectivity index (χ2v) is 9.86. The molecule has 1 amide bonds. The zero-order valence-electron chi connectivity index (χ0n) is 19.7. The van der Waals surface area contributed by atoms with Gasteiger partial charge in [-0.15, -0.1) is 0 Å². The average molecular weight is 483 g/mol. The first kappa shape index (κ1) is 25.3. The molecule has 0 aliphatic heterocycles. The maximum atomic E-state index is 13.2. The minimum atomic E-state index is -4.04. The van der Waals surface area contributed by atoms with Gasteiger partial charge in [0.2, 0.25) is 15.9 Å². The summed E-state index contributed by atoms with van der Waals surface area (Å²) in [5, 5.41) is 2.83. The molecule has 0 heterocycles. The van der Waals surface area contributed by atoms with Gasteiger partial charge in [0.25, 0.3) is 0 Å². The summed E-state index contributed by atoms with van der Waals surface area (Å²) in [4.78, 5) is 13.2. The van der Waals surface area contributed by atoms with E-state index in [0.29, 0.717) is 17.4 Å². The normalized spacial score (nSPS) is 12.3. The van der Waals surface area contributed by atoms with Crippen LogP contribution in [0.1, 0.15) is 30.9 Å². The number of anilines is 1. The summed E-state index contributed by atoms with van der Waals surface area (Å²) >= 11 is 0. The van der Waals surface area contributed by atoms with E-state index in [0.717, 1.165) is 11.1 Å². The second-order valence-electron chi connectivity index (χ2n) is 8.15. The number of methoxy groups -OCH3 is 2. The van der Waals surface area contributed by atoms with E-state index in [1.54, 1.807) is 0 Å². The molecule has 8 heteroatoms. The molecule has 0 saturated heterocycles. The van der Waals surface area contributed by atoms with Crippen molar-refractivity contribution in [3.8, 4) is 11.5 Å². The number of carbonyl (C=O) groups is 1. The van der Waals surface area contributed by atoms with Crippen LogP contribution in [0.3, 0.4) is 0 Å². The predicted octanol–water partition coefficient (Wildman–Crippen LogP) is 4.36. The Morgan fingerprint density at radius 3 is 2.12 bits per heavy atom. The molecule has 0 saturated carbocycles. The minimum absolute atomic E-state index is 0.0303. The Kier molecular flexibility index (Phi) is 8.31. The highest BCUT2D eigenvalue weighted by molar-refractivity contribution is 7.89. The third-order valence-electron chi connectivity index (χ3n) is 5.41. The van der Waals surface area contributed by atoms with Gasteiger partial charge in [-0.1, -0.05) is 56.3 Å². The molecular formula is C26H30N2O5S. The maximum Gasteiger partial charge on any atom is 0.242 e. The van der Waals surface area contributed by atoms with Crippen molar-refractivity contribution in [2.45, 2.75) is 37.1 Å². The van der Waals surface area contributed by atoms with E-state index in [4.69, 9.17) is 9.47 Å². The number of hydrogen-bond acceptors (Lipinski definition) is 5. The maximum absolute atomic E-state index is 13.2. The van der Waals surface area contributed by atoms with E-state index < -0.39 is 22.0 Å². The fourth-order valence-electron chi connectivity index (χ4n) is 3.46. The molecule has 34 heavy (non-hydrogen) atoms. The molecule has 0 fully saturated rings. The molecule has 0 aliphatic carbocycles. The molecule has 180 valence electrons. The van der Waals surface area contributed by atoms with Crippen molar-refractivity contribution in [2.24, 2.45) is 0 Å². The molecular weight excluding hydrogens is 452 g/mol. The zero-order chi connectivity index (χ0) is 24.7. The topological polar surface area (TPSA) is 93.7 Å². The SMILES string of the molecule is COc1ccc(S(=O)(=O)NC(Cc2ccccc2)C(=O)Nc2ccc(C(C)C)cc2)cc1OC. The Bertz CT molecular complexity index is 1210. The van der Waals surface area contributed by atoms with Crippen LogP contribution in [0.2, 0.25) is 0 Å². The third kappa shape index (κ3) is 6.36. The molecule has 0 aromatic heterocycles. The van der Waals surface area contributed by atoms with Crippen LogP contribution >= 0.6 is 0 Å². The van der Waals surface area contributed by atoms with Gasteiger partial charge in [-0.3, -0.25) is 4.79 Å². The monoisotopic (exact) mass is 482 g/mol. The summed E-state index contributed by atoms with van der Waals surface area (Å²) in [6, 6.07) is 20.0. The molecule has 3 aromatic carbocycles. The summed E-state index contributed by atoms with van der Waals surface area (Å²) in [5.41, 5.74) is 2.57. The summed E-state index contributed by atoms with van der Waals surface area (Å²) < 4.78 is 39.4. The lowest BCUT2D eigenvalue weighted by atomic mass is 10.0. The third-order valence-corrected chi connectivity index (χ3v) is 6.88. The van der Waals surface area contributed by atoms with Crippen LogP contribution in [0, 0.1) is 0 Å². The van der Waals surface area contributed by atoms with Gasteiger partial charge in [-0.05, 0) is 47.7 Å². The van der Waals surface area contributed by atoms with Gasteiger partial charge in [0, 0.05) is 11.8 Å². The number of benzene rings is 3. The van der Waals surface area contributed by atoms with E-state index in [9.17, 15) is 13.2 Å². The van der Waals surface area contributed by atoms with Gasteiger partial charge in [0.15, 0.2) is 11.5 Å². The van der Waals surface area contributed by atoms with Gasteiger partial charge in [0.1, 0.15) is 6.04 Å². The van der Waals surface area contributed by atoms with Gasteiger partial charge in [-0.25, -0.2) is 8.42 Å². The number of hydrogen-bond donors (Lipinski definition) is 2. The van der Waals surface area contributed by atoms with E-state index in [1.807, 2.05) is 54.6 Å². The quantitative estimate of drug-likeness (QED) is 0.448. The lowest BCUT2D eigenvalue weighted by Gasteiger charge is -2.19. The van der Waals surface area contributed by atoms with Crippen LogP contribution in [0.15, 0.2) is 77.7 Å². The molecule has 7 nitrogen and oxygen atoms in total. The Morgan fingerprint density at radius 1 is 0.882 bits per heavy atom. The standard InChI is InChI=1S/C26H30N2O5S/c1-18(2)20-10-12-21(13-11-20)27-26(29)23(16-19-8-6-5-7-9-19)28-34(30,31)22-14-15-24(32-3)25(17-22)33-4/h5-15,17-18,23,28H,16H2,1-4H3,(H,27,29). The smallest absolute Gasteiger partial charge is 0.242 e. The highest BCUT2D eigenvalue weighted by atomic mass is 32.2. The van der Waals surface area contributed by atoms with Crippen LogP contribution in [-0.4, -0.2) is 34.6 Å². The van der Waals surface area contributed by atoms with Crippen LogP contribution in [0.4, 0.5) is 5.69 Å². The largest absolute Gasteiger partial charge is 0.493 e. The van der Waals surface area contributed by atoms with Crippen molar-refractivity contribution in [3.05, 3.63) is 83.9 Å². The van der Waals surface area contributed by atoms with Crippen molar-refractivity contribution < 1.29 is 22.7 Å². The van der Waals surface area contributed by atoms with Crippen LogP contribution in [0.25, 0.3) is 0 Å². The molecule has 0 aliphatic rings. The van der Waals surface area contributed by atoms with E-state index >= 15 is 0 Å². The fourth-order valence-corrected chi connectivity index (χ4v) is 4.67. The Labute approximate surface area is 201 Å². The molecule has 0 radical (unpaired) electrons. The highest BCUT2D eigenvalue weighted by Gasteiger charge is 2.27. The minimum Gasteiger partial charge on any atom is -0.493 e. The van der Waals surface area contributed by atoms with Crippen molar-refractivity contribution in [1.82, 2.24) is 4.72 Å². The van der Waals surface area contributed by atoms with E-state index in [-0.39, 0.29) is 17.1 Å². The summed E-state index contributed by atoms with van der Waals surface area (Å²) in [7, 11) is -1.14. The lowest BCUT2D eigenvalue weighted by Crippen LogP contribution is -2.45. The predicted molar refractivity (Wildman–Crippen MR) is 133 cm³/mol. The number of ether oxygens (including phenoxy) is 2. The Morgan fingerprint density at radius 2 is 1.53 bits per heavy atom. The van der Waals surface area contributed by atoms with Crippen molar-refractivity contribution >= 4 is 21.6 Å². The molecule has 0 spiro atoms. The molecule has 3 rings (SSSR count). The average Bonchev–Trinajstić information content (AvgIpc) is 2.84. The van der Waals surface area contributed by atoms with Gasteiger partial charge in [0.05, 0.1) is 19.1 Å². The zero-order valence-corrected chi connectivity index (χ0v) is 20.6. The van der Waals surface area contributed by atoms with Crippen LogP contribution in [-0.2, 0) is 21.2 Å². The van der Waals surface area contributed by atoms with Crippen LogP contribution in [0.5, 0.6) is 11.5 Å². The number of nitrogens with one attached hydrogen (secondary N) is 2. The van der Waals surface area contributed by atoms with Crippen molar-refractivity contribution in [1.29, 1.82) is 0 Å². The first-order valence-corrected chi connectivity index (χ1v) is 12.4. The lowest BCUT2D eigenvalue weighted by molar-refractivity contribution is -0.117. The first-order valence-electron chi connectivity index (χ1n) is 10.9. The first-order chi connectivity index (χ1) is 16.2. The summed E-state index contributed by atoms with van der Waals surface area (Å²) in [5.74, 6) is 0.596. The second kappa shape index (κ2) is 11.2. The van der Waals surface area contributed by atoms with E-state index in [1.165, 1.54) is 32.4 Å². The molecule has 0 bridgehead atoms. The molecule has 1 unspecified atom stereocenters. The molecule has 3 aromatic rings. The van der Waals surface area contributed by atoms with Crippen LogP contribution < -0.4 is 19.5 Å². The number of rotatable bonds is 10. The summed E-state index contributed by atoms with van der Waals surface area (Å²) in [6.07, 6.45) is 0.184.